The number of hydrogen-bond donors (Lipinski definition) is 1. The van der Waals surface area contributed by atoms with Crippen LogP contribution in [0.2, 0.25) is 0 Å². The van der Waals surface area contributed by atoms with E-state index in [4.69, 9.17) is 23.7 Å². The molecule has 0 radical (unpaired) electrons. The zero-order valence-electron chi connectivity index (χ0n) is 18.8. The molecule has 3 rings (SSSR count). The number of benzene rings is 2. The molecule has 2 aromatic rings. The third kappa shape index (κ3) is 5.16. The number of ether oxygens (including phenoxy) is 5. The zero-order chi connectivity index (χ0) is 22.4. The first kappa shape index (κ1) is 22.6. The molecular formula is C24H31NO6. The molecule has 7 heteroatoms. The third-order valence-electron chi connectivity index (χ3n) is 5.56. The molecule has 1 atom stereocenters. The van der Waals surface area contributed by atoms with E-state index < -0.39 is 0 Å². The molecule has 1 unspecified atom stereocenters. The minimum atomic E-state index is -0.253. The number of carbonyl (C=O) groups excluding carboxylic acids is 1. The van der Waals surface area contributed by atoms with E-state index in [0.29, 0.717) is 28.6 Å². The lowest BCUT2D eigenvalue weighted by Gasteiger charge is -2.20. The van der Waals surface area contributed by atoms with Gasteiger partial charge < -0.3 is 29.0 Å². The number of amides is 1. The van der Waals surface area contributed by atoms with Gasteiger partial charge in [0.1, 0.15) is 0 Å². The Morgan fingerprint density at radius 1 is 0.871 bits per heavy atom. The summed E-state index contributed by atoms with van der Waals surface area (Å²) in [5.41, 5.74) is 1.32. The maximum absolute atomic E-state index is 12.9. The Morgan fingerprint density at radius 2 is 1.48 bits per heavy atom. The molecular weight excluding hydrogens is 398 g/mol. The van der Waals surface area contributed by atoms with Gasteiger partial charge in [0.15, 0.2) is 23.0 Å². The van der Waals surface area contributed by atoms with E-state index >= 15 is 0 Å². The summed E-state index contributed by atoms with van der Waals surface area (Å²) in [5, 5.41) is 3.01. The molecule has 7 nitrogen and oxygen atoms in total. The summed E-state index contributed by atoms with van der Waals surface area (Å²) in [6, 6.07) is 8.78. The monoisotopic (exact) mass is 429 g/mol. The maximum Gasteiger partial charge on any atom is 0.252 e. The summed E-state index contributed by atoms with van der Waals surface area (Å²) in [6.45, 7) is 1.92. The van der Waals surface area contributed by atoms with Crippen molar-refractivity contribution in [1.29, 1.82) is 0 Å². The van der Waals surface area contributed by atoms with Crippen LogP contribution in [0.25, 0.3) is 0 Å². The largest absolute Gasteiger partial charge is 0.493 e. The SMILES string of the molecule is COc1cc(C(C)NC(=O)c2cc(OC)c(OC)c(OC)c2)ccc1OC1CCCC1. The van der Waals surface area contributed by atoms with E-state index in [2.05, 4.69) is 5.32 Å². The summed E-state index contributed by atoms with van der Waals surface area (Å²) in [7, 11) is 6.18. The van der Waals surface area contributed by atoms with Gasteiger partial charge in [-0.05, 0) is 62.4 Å². The van der Waals surface area contributed by atoms with Crippen molar-refractivity contribution < 1.29 is 28.5 Å². The molecule has 0 saturated heterocycles. The van der Waals surface area contributed by atoms with Crippen LogP contribution >= 0.6 is 0 Å². The van der Waals surface area contributed by atoms with Crippen LogP contribution in [0, 0.1) is 0 Å². The lowest BCUT2D eigenvalue weighted by molar-refractivity contribution is 0.0939. The van der Waals surface area contributed by atoms with Crippen molar-refractivity contribution in [2.75, 3.05) is 28.4 Å². The van der Waals surface area contributed by atoms with Gasteiger partial charge in [-0.1, -0.05) is 6.07 Å². The number of nitrogens with one attached hydrogen (secondary N) is 1. The van der Waals surface area contributed by atoms with Gasteiger partial charge >= 0.3 is 0 Å². The Bertz CT molecular complexity index is 882. The summed E-state index contributed by atoms with van der Waals surface area (Å²) in [6.07, 6.45) is 4.81. The zero-order valence-corrected chi connectivity index (χ0v) is 18.8. The molecule has 0 aliphatic heterocycles. The Hall–Kier alpha value is -3.09. The number of methoxy groups -OCH3 is 4. The molecule has 2 aromatic carbocycles. The molecule has 1 amide bonds. The van der Waals surface area contributed by atoms with Gasteiger partial charge in [-0.25, -0.2) is 0 Å². The molecule has 0 spiro atoms. The van der Waals surface area contributed by atoms with Crippen LogP contribution in [-0.2, 0) is 0 Å². The average Bonchev–Trinajstić information content (AvgIpc) is 3.31. The fraction of sp³-hybridized carbons (Fsp3) is 0.458. The molecule has 1 saturated carbocycles. The predicted molar refractivity (Wildman–Crippen MR) is 118 cm³/mol. The third-order valence-corrected chi connectivity index (χ3v) is 5.56. The molecule has 168 valence electrons. The van der Waals surface area contributed by atoms with Crippen molar-refractivity contribution >= 4 is 5.91 Å². The molecule has 31 heavy (non-hydrogen) atoms. The fourth-order valence-electron chi connectivity index (χ4n) is 3.81. The highest BCUT2D eigenvalue weighted by atomic mass is 16.5. The molecule has 1 fully saturated rings. The highest BCUT2D eigenvalue weighted by Gasteiger charge is 2.21. The highest BCUT2D eigenvalue weighted by Crippen LogP contribution is 2.38. The predicted octanol–water partition coefficient (Wildman–Crippen LogP) is 4.53. The van der Waals surface area contributed by atoms with E-state index in [1.54, 1.807) is 19.2 Å². The summed E-state index contributed by atoms with van der Waals surface area (Å²) in [5.74, 6) is 2.44. The van der Waals surface area contributed by atoms with Crippen LogP contribution in [0.15, 0.2) is 30.3 Å². The lowest BCUT2D eigenvalue weighted by atomic mass is 10.1. The first-order valence-electron chi connectivity index (χ1n) is 10.5. The normalized spacial score (nSPS) is 14.6. The van der Waals surface area contributed by atoms with E-state index in [9.17, 15) is 4.79 Å². The second kappa shape index (κ2) is 10.3. The molecule has 0 aromatic heterocycles. The van der Waals surface area contributed by atoms with E-state index in [1.807, 2.05) is 25.1 Å². The van der Waals surface area contributed by atoms with E-state index in [-0.39, 0.29) is 18.1 Å². The molecule has 0 bridgehead atoms. The molecule has 0 heterocycles. The number of rotatable bonds is 9. The minimum absolute atomic E-state index is 0.247. The van der Waals surface area contributed by atoms with Crippen molar-refractivity contribution in [2.24, 2.45) is 0 Å². The van der Waals surface area contributed by atoms with Crippen molar-refractivity contribution in [3.05, 3.63) is 41.5 Å². The minimum Gasteiger partial charge on any atom is -0.493 e. The van der Waals surface area contributed by atoms with Crippen LogP contribution in [0.5, 0.6) is 28.7 Å². The quantitative estimate of drug-likeness (QED) is 0.631. The molecule has 1 aliphatic carbocycles. The van der Waals surface area contributed by atoms with Crippen LogP contribution in [0.1, 0.15) is 54.6 Å². The van der Waals surface area contributed by atoms with Crippen molar-refractivity contribution in [2.45, 2.75) is 44.8 Å². The summed E-state index contributed by atoms with van der Waals surface area (Å²) >= 11 is 0. The van der Waals surface area contributed by atoms with Crippen molar-refractivity contribution in [3.8, 4) is 28.7 Å². The van der Waals surface area contributed by atoms with Crippen LogP contribution in [0.4, 0.5) is 0 Å². The standard InChI is InChI=1S/C24H31NO6/c1-15(16-10-11-19(20(12-16)27-2)31-18-8-6-7-9-18)25-24(26)17-13-21(28-3)23(30-5)22(14-17)29-4/h10-15,18H,6-9H2,1-5H3,(H,25,26). The molecule has 1 N–H and O–H groups in total. The van der Waals surface area contributed by atoms with E-state index in [1.165, 1.54) is 34.2 Å². The first-order chi connectivity index (χ1) is 15.0. The highest BCUT2D eigenvalue weighted by molar-refractivity contribution is 5.95. The lowest BCUT2D eigenvalue weighted by Crippen LogP contribution is -2.26. The van der Waals surface area contributed by atoms with E-state index in [0.717, 1.165) is 24.2 Å². The summed E-state index contributed by atoms with van der Waals surface area (Å²) < 4.78 is 27.6. The van der Waals surface area contributed by atoms with Crippen LogP contribution in [-0.4, -0.2) is 40.5 Å². The van der Waals surface area contributed by atoms with Crippen molar-refractivity contribution in [3.63, 3.8) is 0 Å². The number of carbonyl (C=O) groups is 1. The van der Waals surface area contributed by atoms with Gasteiger partial charge in [-0.2, -0.15) is 0 Å². The molecule has 1 aliphatic rings. The Balaban J connectivity index is 1.76. The summed E-state index contributed by atoms with van der Waals surface area (Å²) in [4.78, 5) is 12.9. The Labute approximate surface area is 183 Å². The van der Waals surface area contributed by atoms with Crippen LogP contribution < -0.4 is 29.0 Å². The Kier molecular flexibility index (Phi) is 7.50. The number of hydrogen-bond acceptors (Lipinski definition) is 6. The average molecular weight is 430 g/mol. The first-order valence-corrected chi connectivity index (χ1v) is 10.5. The Morgan fingerprint density at radius 3 is 2.03 bits per heavy atom. The topological polar surface area (TPSA) is 75.3 Å². The van der Waals surface area contributed by atoms with Crippen molar-refractivity contribution in [1.82, 2.24) is 5.32 Å². The van der Waals surface area contributed by atoms with Gasteiger partial charge in [-0.15, -0.1) is 0 Å². The van der Waals surface area contributed by atoms with Gasteiger partial charge in [0.2, 0.25) is 5.75 Å². The second-order valence-corrected chi connectivity index (χ2v) is 7.54. The van der Waals surface area contributed by atoms with Gasteiger partial charge in [-0.3, -0.25) is 4.79 Å². The van der Waals surface area contributed by atoms with Gasteiger partial charge in [0, 0.05) is 5.56 Å². The fourth-order valence-corrected chi connectivity index (χ4v) is 3.81. The van der Waals surface area contributed by atoms with Gasteiger partial charge in [0.05, 0.1) is 40.6 Å². The second-order valence-electron chi connectivity index (χ2n) is 7.54. The smallest absolute Gasteiger partial charge is 0.252 e. The van der Waals surface area contributed by atoms with Gasteiger partial charge in [0.25, 0.3) is 5.91 Å². The van der Waals surface area contributed by atoms with Crippen LogP contribution in [0.3, 0.4) is 0 Å². The maximum atomic E-state index is 12.9.